The molecule has 1 saturated heterocycles. The van der Waals surface area contributed by atoms with Crippen LogP contribution in [0.25, 0.3) is 10.1 Å². The van der Waals surface area contributed by atoms with E-state index in [1.807, 2.05) is 11.3 Å². The number of fused-ring (bicyclic) bond motifs is 1. The lowest BCUT2D eigenvalue weighted by molar-refractivity contribution is 0.0813. The quantitative estimate of drug-likeness (QED) is 0.924. The number of nitrogens with two attached hydrogens (primary N) is 1. The summed E-state index contributed by atoms with van der Waals surface area (Å²) in [5, 5.41) is 3.69. The van der Waals surface area contributed by atoms with Gasteiger partial charge >= 0.3 is 0 Å². The molecule has 0 spiro atoms. The van der Waals surface area contributed by atoms with Crippen molar-refractivity contribution in [1.29, 1.82) is 0 Å². The van der Waals surface area contributed by atoms with Crippen molar-refractivity contribution in [2.75, 3.05) is 19.6 Å². The molecule has 3 rings (SSSR count). The zero-order chi connectivity index (χ0) is 14.2. The van der Waals surface area contributed by atoms with Gasteiger partial charge in [0.15, 0.2) is 0 Å². The van der Waals surface area contributed by atoms with E-state index >= 15 is 0 Å². The molecule has 1 aliphatic heterocycles. The third-order valence-corrected chi connectivity index (χ3v) is 5.45. The molecule has 2 nitrogen and oxygen atoms in total. The van der Waals surface area contributed by atoms with E-state index in [-0.39, 0.29) is 0 Å². The van der Waals surface area contributed by atoms with Gasteiger partial charge in [0.1, 0.15) is 0 Å². The molecule has 1 unspecified atom stereocenters. The average molecular weight is 288 g/mol. The lowest BCUT2D eigenvalue weighted by Gasteiger charge is -2.42. The molecule has 0 bridgehead atoms. The Bertz CT molecular complexity index is 587. The van der Waals surface area contributed by atoms with Crippen LogP contribution in [0.15, 0.2) is 29.6 Å². The fourth-order valence-electron chi connectivity index (χ4n) is 3.46. The summed E-state index contributed by atoms with van der Waals surface area (Å²) >= 11 is 1.84. The molecule has 2 aromatic rings. The Morgan fingerprint density at radius 3 is 2.90 bits per heavy atom. The Labute approximate surface area is 125 Å². The van der Waals surface area contributed by atoms with E-state index in [4.69, 9.17) is 5.73 Å². The molecule has 3 heteroatoms. The van der Waals surface area contributed by atoms with E-state index in [0.29, 0.717) is 18.0 Å². The maximum Gasteiger partial charge on any atom is 0.0485 e. The molecule has 20 heavy (non-hydrogen) atoms. The minimum Gasteiger partial charge on any atom is -0.329 e. The van der Waals surface area contributed by atoms with E-state index in [1.54, 1.807) is 0 Å². The fourth-order valence-corrected chi connectivity index (χ4v) is 4.47. The second kappa shape index (κ2) is 5.47. The van der Waals surface area contributed by atoms with Gasteiger partial charge in [-0.2, -0.15) is 0 Å². The number of hydrogen-bond acceptors (Lipinski definition) is 3. The molecule has 1 aliphatic rings. The van der Waals surface area contributed by atoms with Gasteiger partial charge in [0.2, 0.25) is 0 Å². The lowest BCUT2D eigenvalue weighted by Crippen LogP contribution is -2.44. The number of nitrogens with zero attached hydrogens (tertiary/aromatic N) is 1. The largest absolute Gasteiger partial charge is 0.329 e. The van der Waals surface area contributed by atoms with E-state index in [9.17, 15) is 0 Å². The van der Waals surface area contributed by atoms with Crippen molar-refractivity contribution in [3.63, 3.8) is 0 Å². The van der Waals surface area contributed by atoms with E-state index in [1.165, 1.54) is 35.0 Å². The van der Waals surface area contributed by atoms with Crippen LogP contribution in [0.4, 0.5) is 0 Å². The molecule has 1 aromatic heterocycles. The summed E-state index contributed by atoms with van der Waals surface area (Å²) in [7, 11) is 0. The number of thiophene rings is 1. The zero-order valence-corrected chi connectivity index (χ0v) is 13.2. The maximum atomic E-state index is 6.14. The number of likely N-dealkylation sites (tertiary alicyclic amines) is 1. The van der Waals surface area contributed by atoms with Gasteiger partial charge in [0.25, 0.3) is 0 Å². The number of hydrogen-bond donors (Lipinski definition) is 1. The van der Waals surface area contributed by atoms with Crippen molar-refractivity contribution < 1.29 is 0 Å². The number of benzene rings is 1. The van der Waals surface area contributed by atoms with Crippen LogP contribution in [0.2, 0.25) is 0 Å². The zero-order valence-electron chi connectivity index (χ0n) is 12.4. The van der Waals surface area contributed by atoms with Crippen molar-refractivity contribution in [2.24, 2.45) is 11.1 Å². The summed E-state index contributed by atoms with van der Waals surface area (Å²) < 4.78 is 1.37. The summed E-state index contributed by atoms with van der Waals surface area (Å²) in [4.78, 5) is 2.60. The summed E-state index contributed by atoms with van der Waals surface area (Å²) in [5.74, 6) is 0. The topological polar surface area (TPSA) is 29.3 Å². The Balaban J connectivity index is 1.93. The molecular weight excluding hydrogens is 264 g/mol. The van der Waals surface area contributed by atoms with Gasteiger partial charge in [-0.15, -0.1) is 11.3 Å². The highest BCUT2D eigenvalue weighted by atomic mass is 32.1. The Morgan fingerprint density at radius 2 is 2.15 bits per heavy atom. The molecule has 2 heterocycles. The van der Waals surface area contributed by atoms with Crippen molar-refractivity contribution >= 4 is 21.4 Å². The molecule has 108 valence electrons. The van der Waals surface area contributed by atoms with Crippen LogP contribution >= 0.6 is 11.3 Å². The van der Waals surface area contributed by atoms with Gasteiger partial charge in [-0.25, -0.2) is 0 Å². The normalized spacial score (nSPS) is 21.1. The molecule has 1 fully saturated rings. The van der Waals surface area contributed by atoms with Crippen LogP contribution in [-0.4, -0.2) is 24.5 Å². The van der Waals surface area contributed by atoms with Crippen LogP contribution in [0.5, 0.6) is 0 Å². The van der Waals surface area contributed by atoms with Crippen LogP contribution in [-0.2, 0) is 0 Å². The van der Waals surface area contributed by atoms with Gasteiger partial charge in [-0.3, -0.25) is 4.90 Å². The third-order valence-electron chi connectivity index (χ3n) is 4.46. The van der Waals surface area contributed by atoms with Gasteiger partial charge in [-0.05, 0) is 47.2 Å². The van der Waals surface area contributed by atoms with E-state index in [2.05, 4.69) is 48.4 Å². The molecule has 1 aromatic carbocycles. The van der Waals surface area contributed by atoms with Crippen molar-refractivity contribution in [1.82, 2.24) is 4.90 Å². The first-order valence-corrected chi connectivity index (χ1v) is 8.39. The molecular formula is C17H24N2S. The number of piperidine rings is 1. The average Bonchev–Trinajstić information content (AvgIpc) is 2.83. The predicted molar refractivity (Wildman–Crippen MR) is 88.2 cm³/mol. The highest BCUT2D eigenvalue weighted by Gasteiger charge is 2.31. The minimum absolute atomic E-state index is 0.366. The van der Waals surface area contributed by atoms with Crippen LogP contribution in [0.1, 0.15) is 38.3 Å². The third kappa shape index (κ3) is 2.62. The van der Waals surface area contributed by atoms with Crippen LogP contribution in [0.3, 0.4) is 0 Å². The lowest BCUT2D eigenvalue weighted by atomic mass is 9.83. The molecule has 0 radical (unpaired) electrons. The summed E-state index contributed by atoms with van der Waals surface area (Å²) in [5.41, 5.74) is 7.97. The molecule has 0 saturated carbocycles. The Hall–Kier alpha value is -0.900. The molecule has 1 atom stereocenters. The van der Waals surface area contributed by atoms with Gasteiger partial charge in [0, 0.05) is 23.8 Å². The summed E-state index contributed by atoms with van der Waals surface area (Å²) in [6.45, 7) is 7.78. The SMILES string of the molecule is CC1(C)CCCN(C(CN)c2csc3ccccc23)C1. The highest BCUT2D eigenvalue weighted by molar-refractivity contribution is 7.17. The minimum atomic E-state index is 0.366. The van der Waals surface area contributed by atoms with Crippen molar-refractivity contribution in [3.8, 4) is 0 Å². The van der Waals surface area contributed by atoms with Crippen molar-refractivity contribution in [3.05, 3.63) is 35.2 Å². The Kier molecular flexibility index (Phi) is 3.85. The highest BCUT2D eigenvalue weighted by Crippen LogP contribution is 2.37. The second-order valence-electron chi connectivity index (χ2n) is 6.68. The first-order valence-electron chi connectivity index (χ1n) is 7.51. The monoisotopic (exact) mass is 288 g/mol. The van der Waals surface area contributed by atoms with Crippen LogP contribution in [0, 0.1) is 5.41 Å². The predicted octanol–water partition coefficient (Wildman–Crippen LogP) is 4.02. The standard InChI is InChI=1S/C17H24N2S/c1-17(2)8-5-9-19(12-17)15(10-18)14-11-20-16-7-4-3-6-13(14)16/h3-4,6-7,11,15H,5,8-10,12,18H2,1-2H3. The maximum absolute atomic E-state index is 6.14. The second-order valence-corrected chi connectivity index (χ2v) is 7.59. The molecule has 2 N–H and O–H groups in total. The molecule has 0 amide bonds. The smallest absolute Gasteiger partial charge is 0.0485 e. The first-order chi connectivity index (χ1) is 9.61. The van der Waals surface area contributed by atoms with Gasteiger partial charge in [0.05, 0.1) is 0 Å². The van der Waals surface area contributed by atoms with Gasteiger partial charge in [-0.1, -0.05) is 32.0 Å². The van der Waals surface area contributed by atoms with E-state index in [0.717, 1.165) is 6.54 Å². The van der Waals surface area contributed by atoms with Gasteiger partial charge < -0.3 is 5.73 Å². The number of rotatable bonds is 3. The van der Waals surface area contributed by atoms with Crippen LogP contribution < -0.4 is 5.73 Å². The fraction of sp³-hybridized carbons (Fsp3) is 0.529. The first kappa shape index (κ1) is 14.1. The molecule has 0 aliphatic carbocycles. The Morgan fingerprint density at radius 1 is 1.35 bits per heavy atom. The van der Waals surface area contributed by atoms with Crippen molar-refractivity contribution in [2.45, 2.75) is 32.7 Å². The summed E-state index contributed by atoms with van der Waals surface area (Å²) in [6.07, 6.45) is 2.61. The van der Waals surface area contributed by atoms with E-state index < -0.39 is 0 Å². The summed E-state index contributed by atoms with van der Waals surface area (Å²) in [6, 6.07) is 9.05.